The predicted molar refractivity (Wildman–Crippen MR) is 101 cm³/mol. The first-order valence-electron chi connectivity index (χ1n) is 7.18. The first-order chi connectivity index (χ1) is 10.5. The Labute approximate surface area is 154 Å². The zero-order valence-electron chi connectivity index (χ0n) is 12.5. The van der Waals surface area contributed by atoms with Crippen LogP contribution in [0.4, 0.5) is 0 Å². The van der Waals surface area contributed by atoms with Crippen molar-refractivity contribution in [2.75, 3.05) is 4.43 Å². The number of carbonyl (C=O) groups is 2. The van der Waals surface area contributed by atoms with Gasteiger partial charge in [0, 0.05) is 23.6 Å². The Hall–Kier alpha value is -0.270. The third-order valence-corrected chi connectivity index (χ3v) is 5.46. The molecule has 0 spiro atoms. The topological polar surface area (TPSA) is 54.4 Å². The summed E-state index contributed by atoms with van der Waals surface area (Å²) in [7, 11) is 0. The quantitative estimate of drug-likeness (QED) is 0.313. The third kappa shape index (κ3) is 6.87. The predicted octanol–water partition coefficient (Wildman–Crippen LogP) is 5.28. The Kier molecular flexibility index (Phi) is 9.43. The zero-order chi connectivity index (χ0) is 16.5. The molecule has 6 heteroatoms. The Morgan fingerprint density at radius 3 is 2.68 bits per heavy atom. The van der Waals surface area contributed by atoms with Gasteiger partial charge in [-0.1, -0.05) is 58.1 Å². The fourth-order valence-corrected chi connectivity index (χ4v) is 4.07. The molecule has 0 aliphatic heterocycles. The molecule has 122 valence electrons. The van der Waals surface area contributed by atoms with E-state index in [1.54, 1.807) is 0 Å². The van der Waals surface area contributed by atoms with Crippen LogP contribution in [0, 0.1) is 0 Å². The monoisotopic (exact) mass is 454 g/mol. The van der Waals surface area contributed by atoms with E-state index in [1.807, 2.05) is 18.2 Å². The van der Waals surface area contributed by atoms with Crippen LogP contribution in [0.25, 0.3) is 0 Å². The highest BCUT2D eigenvalue weighted by atomic mass is 127. The van der Waals surface area contributed by atoms with Gasteiger partial charge in [-0.15, -0.1) is 0 Å². The number of hydrogen-bond donors (Lipinski definition) is 1. The second-order valence-corrected chi connectivity index (χ2v) is 7.85. The van der Waals surface area contributed by atoms with Crippen molar-refractivity contribution in [3.05, 3.63) is 34.3 Å². The molecule has 0 aromatic heterocycles. The summed E-state index contributed by atoms with van der Waals surface area (Å²) in [5.41, 5.74) is 2.06. The normalized spacial score (nSPS) is 12.1. The molecule has 1 aromatic carbocycles. The molecule has 0 radical (unpaired) electrons. The van der Waals surface area contributed by atoms with Gasteiger partial charge < -0.3 is 5.11 Å². The molecular weight excluding hydrogens is 435 g/mol. The van der Waals surface area contributed by atoms with Crippen molar-refractivity contribution in [2.45, 2.75) is 44.3 Å². The van der Waals surface area contributed by atoms with Crippen molar-refractivity contribution in [3.63, 3.8) is 0 Å². The third-order valence-electron chi connectivity index (χ3n) is 3.24. The molecule has 0 fully saturated rings. The summed E-state index contributed by atoms with van der Waals surface area (Å²) in [6.45, 7) is 1.51. The maximum Gasteiger partial charge on any atom is 0.303 e. The summed E-state index contributed by atoms with van der Waals surface area (Å²) in [6, 6.07) is 5.69. The standard InChI is InChI=1S/C16H20ClIO3S/c1-11(19)22-15(8-9-16(20)21)13-6-4-7-14(17)12(13)5-2-3-10-18/h4,6-7,15H,2-3,5,8-10H2,1H3,(H,20,21). The largest absolute Gasteiger partial charge is 0.481 e. The molecule has 0 bridgehead atoms. The summed E-state index contributed by atoms with van der Waals surface area (Å²) in [5.74, 6) is -0.845. The number of rotatable bonds is 9. The molecule has 1 rings (SSSR count). The van der Waals surface area contributed by atoms with E-state index in [0.29, 0.717) is 11.4 Å². The number of hydrogen-bond acceptors (Lipinski definition) is 3. The highest BCUT2D eigenvalue weighted by Gasteiger charge is 2.20. The van der Waals surface area contributed by atoms with Crippen molar-refractivity contribution in [1.29, 1.82) is 0 Å². The summed E-state index contributed by atoms with van der Waals surface area (Å²) < 4.78 is 1.10. The first kappa shape index (κ1) is 19.8. The van der Waals surface area contributed by atoms with Gasteiger partial charge in [0.05, 0.1) is 0 Å². The number of aliphatic carboxylic acids is 1. The Balaban J connectivity index is 3.02. The van der Waals surface area contributed by atoms with Gasteiger partial charge in [-0.05, 0) is 47.3 Å². The molecule has 0 saturated carbocycles. The van der Waals surface area contributed by atoms with E-state index in [1.165, 1.54) is 18.7 Å². The second kappa shape index (κ2) is 10.5. The van der Waals surface area contributed by atoms with Gasteiger partial charge in [0.15, 0.2) is 5.12 Å². The first-order valence-corrected chi connectivity index (χ1v) is 9.96. The van der Waals surface area contributed by atoms with Crippen molar-refractivity contribution >= 4 is 57.0 Å². The Bertz CT molecular complexity index is 522. The minimum atomic E-state index is -0.845. The molecule has 0 saturated heterocycles. The summed E-state index contributed by atoms with van der Waals surface area (Å²) in [5, 5.41) is 9.47. The molecule has 0 aliphatic carbocycles. The van der Waals surface area contributed by atoms with E-state index >= 15 is 0 Å². The van der Waals surface area contributed by atoms with E-state index in [9.17, 15) is 9.59 Å². The average Bonchev–Trinajstić information content (AvgIpc) is 2.45. The van der Waals surface area contributed by atoms with Crippen LogP contribution in [-0.4, -0.2) is 20.6 Å². The van der Waals surface area contributed by atoms with Crippen molar-refractivity contribution in [3.8, 4) is 0 Å². The van der Waals surface area contributed by atoms with Gasteiger partial charge in [-0.2, -0.15) is 0 Å². The molecular formula is C16H20ClIO3S. The number of unbranched alkanes of at least 4 members (excludes halogenated alkanes) is 1. The average molecular weight is 455 g/mol. The Morgan fingerprint density at radius 1 is 1.36 bits per heavy atom. The molecule has 3 nitrogen and oxygen atoms in total. The van der Waals surface area contributed by atoms with Crippen molar-refractivity contribution in [1.82, 2.24) is 0 Å². The van der Waals surface area contributed by atoms with Crippen LogP contribution in [0.15, 0.2) is 18.2 Å². The van der Waals surface area contributed by atoms with Crippen LogP contribution in [0.1, 0.15) is 49.0 Å². The van der Waals surface area contributed by atoms with Gasteiger partial charge in [0.1, 0.15) is 0 Å². The molecule has 0 heterocycles. The fourth-order valence-electron chi connectivity index (χ4n) is 2.27. The number of alkyl halides is 1. The number of carbonyl (C=O) groups excluding carboxylic acids is 1. The Morgan fingerprint density at radius 2 is 2.09 bits per heavy atom. The lowest BCUT2D eigenvalue weighted by Crippen LogP contribution is -2.06. The van der Waals surface area contributed by atoms with Crippen molar-refractivity contribution < 1.29 is 14.7 Å². The fraction of sp³-hybridized carbons (Fsp3) is 0.500. The molecule has 1 atom stereocenters. The van der Waals surface area contributed by atoms with Gasteiger partial charge in [0.2, 0.25) is 0 Å². The lowest BCUT2D eigenvalue weighted by molar-refractivity contribution is -0.137. The maximum absolute atomic E-state index is 11.5. The molecule has 1 unspecified atom stereocenters. The minimum absolute atomic E-state index is 0.00595. The van der Waals surface area contributed by atoms with Crippen LogP contribution in [0.5, 0.6) is 0 Å². The van der Waals surface area contributed by atoms with Crippen LogP contribution in [-0.2, 0) is 16.0 Å². The van der Waals surface area contributed by atoms with E-state index in [4.69, 9.17) is 16.7 Å². The summed E-state index contributed by atoms with van der Waals surface area (Å²) >= 11 is 9.88. The van der Waals surface area contributed by atoms with Crippen LogP contribution in [0.2, 0.25) is 5.02 Å². The zero-order valence-corrected chi connectivity index (χ0v) is 16.2. The van der Waals surface area contributed by atoms with Gasteiger partial charge in [-0.3, -0.25) is 9.59 Å². The second-order valence-electron chi connectivity index (χ2n) is 4.98. The highest BCUT2D eigenvalue weighted by molar-refractivity contribution is 14.1. The minimum Gasteiger partial charge on any atom is -0.481 e. The summed E-state index contributed by atoms with van der Waals surface area (Å²) in [6.07, 6.45) is 3.49. The van der Waals surface area contributed by atoms with Gasteiger partial charge in [0.25, 0.3) is 0 Å². The van der Waals surface area contributed by atoms with Gasteiger partial charge >= 0.3 is 5.97 Å². The molecule has 1 N–H and O–H groups in total. The summed E-state index contributed by atoms with van der Waals surface area (Å²) in [4.78, 5) is 22.4. The lowest BCUT2D eigenvalue weighted by Gasteiger charge is -2.19. The SMILES string of the molecule is CC(=O)SC(CCC(=O)O)c1cccc(Cl)c1CCCCI. The van der Waals surface area contributed by atoms with E-state index in [0.717, 1.165) is 34.8 Å². The molecule has 22 heavy (non-hydrogen) atoms. The van der Waals surface area contributed by atoms with Crippen LogP contribution in [0.3, 0.4) is 0 Å². The lowest BCUT2D eigenvalue weighted by atomic mass is 9.97. The van der Waals surface area contributed by atoms with Crippen LogP contribution >= 0.6 is 46.0 Å². The van der Waals surface area contributed by atoms with Gasteiger partial charge in [-0.25, -0.2) is 0 Å². The number of benzene rings is 1. The number of halogens is 2. The smallest absolute Gasteiger partial charge is 0.303 e. The van der Waals surface area contributed by atoms with E-state index in [-0.39, 0.29) is 16.8 Å². The number of carboxylic acids is 1. The maximum atomic E-state index is 11.5. The molecule has 0 amide bonds. The highest BCUT2D eigenvalue weighted by Crippen LogP contribution is 2.38. The van der Waals surface area contributed by atoms with E-state index in [2.05, 4.69) is 22.6 Å². The van der Waals surface area contributed by atoms with Crippen molar-refractivity contribution in [2.24, 2.45) is 0 Å². The number of thioether (sulfide) groups is 1. The van der Waals surface area contributed by atoms with E-state index < -0.39 is 5.97 Å². The molecule has 0 aliphatic rings. The molecule has 1 aromatic rings. The van der Waals surface area contributed by atoms with Crippen LogP contribution < -0.4 is 0 Å². The number of carboxylic acid groups (broad SMARTS) is 1.